The van der Waals surface area contributed by atoms with Crippen LogP contribution >= 0.6 is 0 Å². The fraction of sp³-hybridized carbons (Fsp3) is 0.178. The minimum atomic E-state index is -0.302. The third kappa shape index (κ3) is 4.63. The molecule has 4 heterocycles. The molecule has 5 aliphatic rings. The summed E-state index contributed by atoms with van der Waals surface area (Å²) in [5.74, 6) is 2.89. The SMILES string of the molecule is C1=CC2c3ccc(-c4ccc5c(c4)oc4ccccc45)cc3OC2C(C2N=C(c3cccc4c5c(oc34)CCC=C5)NC(C3=CCCC=C3)N2)=C1. The Morgan fingerprint density at radius 2 is 1.65 bits per heavy atom. The molecule has 0 saturated carbocycles. The maximum atomic E-state index is 6.89. The second-order valence-corrected chi connectivity index (χ2v) is 14.0. The molecule has 2 aromatic heterocycles. The normalized spacial score (nSPS) is 23.3. The Hall–Kier alpha value is -5.85. The Bertz CT molecular complexity index is 2610. The third-order valence-electron chi connectivity index (χ3n) is 11.0. The van der Waals surface area contributed by atoms with Crippen molar-refractivity contribution < 1.29 is 13.6 Å². The number of rotatable bonds is 4. The van der Waals surface area contributed by atoms with E-state index in [1.165, 1.54) is 16.7 Å². The molecular formula is C45H35N3O3. The van der Waals surface area contributed by atoms with Gasteiger partial charge in [-0.2, -0.15) is 0 Å². The highest BCUT2D eigenvalue weighted by Gasteiger charge is 2.41. The molecule has 6 heteroatoms. The molecule has 0 amide bonds. The van der Waals surface area contributed by atoms with Crippen molar-refractivity contribution in [2.75, 3.05) is 0 Å². The van der Waals surface area contributed by atoms with Crippen molar-refractivity contribution in [3.05, 3.63) is 155 Å². The lowest BCUT2D eigenvalue weighted by molar-refractivity contribution is 0.239. The predicted molar refractivity (Wildman–Crippen MR) is 204 cm³/mol. The van der Waals surface area contributed by atoms with Gasteiger partial charge >= 0.3 is 0 Å². The van der Waals surface area contributed by atoms with Crippen LogP contribution in [0.5, 0.6) is 5.75 Å². The van der Waals surface area contributed by atoms with Gasteiger partial charge in [0.2, 0.25) is 0 Å². The van der Waals surface area contributed by atoms with Crippen LogP contribution in [0.25, 0.3) is 50.1 Å². The molecule has 2 N–H and O–H groups in total. The van der Waals surface area contributed by atoms with Gasteiger partial charge in [0.05, 0.1) is 5.56 Å². The van der Waals surface area contributed by atoms with Crippen molar-refractivity contribution in [3.63, 3.8) is 0 Å². The number of aryl methyl sites for hydroxylation is 1. The van der Waals surface area contributed by atoms with Crippen LogP contribution in [0.3, 0.4) is 0 Å². The number of nitrogens with one attached hydrogen (secondary N) is 2. The first-order chi connectivity index (χ1) is 25.2. The number of ether oxygens (including phenoxy) is 1. The number of fused-ring (bicyclic) bond motifs is 9. The molecule has 4 aromatic carbocycles. The number of aliphatic imine (C=N–C) groups is 1. The zero-order valence-corrected chi connectivity index (χ0v) is 27.9. The number of para-hydroxylation sites is 2. The number of hydrogen-bond donors (Lipinski definition) is 2. The summed E-state index contributed by atoms with van der Waals surface area (Å²) in [5.41, 5.74) is 10.6. The molecule has 4 unspecified atom stereocenters. The van der Waals surface area contributed by atoms with Gasteiger partial charge in [-0.1, -0.05) is 97.1 Å². The van der Waals surface area contributed by atoms with Crippen LogP contribution in [0.4, 0.5) is 0 Å². The molecule has 0 radical (unpaired) electrons. The molecule has 51 heavy (non-hydrogen) atoms. The molecule has 2 aliphatic heterocycles. The first kappa shape index (κ1) is 28.9. The molecule has 0 saturated heterocycles. The monoisotopic (exact) mass is 665 g/mol. The summed E-state index contributed by atoms with van der Waals surface area (Å²) in [4.78, 5) is 5.38. The first-order valence-electron chi connectivity index (χ1n) is 18.0. The van der Waals surface area contributed by atoms with E-state index >= 15 is 0 Å². The van der Waals surface area contributed by atoms with E-state index in [1.807, 2.05) is 12.1 Å². The van der Waals surface area contributed by atoms with Crippen LogP contribution in [-0.2, 0) is 6.42 Å². The van der Waals surface area contributed by atoms with E-state index in [0.717, 1.165) is 98.2 Å². The fourth-order valence-corrected chi connectivity index (χ4v) is 8.52. The fourth-order valence-electron chi connectivity index (χ4n) is 8.52. The lowest BCUT2D eigenvalue weighted by Gasteiger charge is -2.36. The second kappa shape index (κ2) is 11.3. The summed E-state index contributed by atoms with van der Waals surface area (Å²) in [6.45, 7) is 0. The molecule has 248 valence electrons. The lowest BCUT2D eigenvalue weighted by atomic mass is 9.85. The summed E-state index contributed by atoms with van der Waals surface area (Å²) in [6.07, 6.45) is 21.3. The number of nitrogens with zero attached hydrogens (tertiary/aromatic N) is 1. The van der Waals surface area contributed by atoms with Crippen molar-refractivity contribution in [3.8, 4) is 16.9 Å². The average molecular weight is 666 g/mol. The van der Waals surface area contributed by atoms with Gasteiger partial charge in [-0.15, -0.1) is 0 Å². The molecule has 6 nitrogen and oxygen atoms in total. The first-order valence-corrected chi connectivity index (χ1v) is 18.0. The van der Waals surface area contributed by atoms with Crippen LogP contribution in [0.1, 0.15) is 47.6 Å². The van der Waals surface area contributed by atoms with Crippen molar-refractivity contribution in [2.45, 2.75) is 50.0 Å². The molecular weight excluding hydrogens is 631 g/mol. The molecule has 4 atom stereocenters. The van der Waals surface area contributed by atoms with Gasteiger partial charge in [-0.05, 0) is 66.3 Å². The highest BCUT2D eigenvalue weighted by Crippen LogP contribution is 2.46. The van der Waals surface area contributed by atoms with Gasteiger partial charge in [0.25, 0.3) is 0 Å². The Labute approximate surface area is 295 Å². The number of furan rings is 2. The van der Waals surface area contributed by atoms with Gasteiger partial charge in [-0.3, -0.25) is 5.32 Å². The molecule has 0 bridgehead atoms. The van der Waals surface area contributed by atoms with Crippen LogP contribution in [0, 0.1) is 0 Å². The van der Waals surface area contributed by atoms with Gasteiger partial charge in [0.1, 0.15) is 52.5 Å². The van der Waals surface area contributed by atoms with E-state index in [9.17, 15) is 0 Å². The Morgan fingerprint density at radius 1 is 0.765 bits per heavy atom. The largest absolute Gasteiger partial charge is 0.485 e. The minimum Gasteiger partial charge on any atom is -0.485 e. The highest BCUT2D eigenvalue weighted by molar-refractivity contribution is 6.10. The number of amidine groups is 1. The predicted octanol–water partition coefficient (Wildman–Crippen LogP) is 9.87. The van der Waals surface area contributed by atoms with E-state index in [4.69, 9.17) is 18.6 Å². The van der Waals surface area contributed by atoms with Crippen LogP contribution < -0.4 is 15.4 Å². The molecule has 0 fully saturated rings. The zero-order chi connectivity index (χ0) is 33.5. The number of benzene rings is 4. The van der Waals surface area contributed by atoms with E-state index < -0.39 is 0 Å². The summed E-state index contributed by atoms with van der Waals surface area (Å²) < 4.78 is 19.7. The summed E-state index contributed by atoms with van der Waals surface area (Å²) in [6, 6.07) is 27.7. The van der Waals surface area contributed by atoms with Gasteiger partial charge < -0.3 is 18.9 Å². The van der Waals surface area contributed by atoms with Crippen molar-refractivity contribution in [2.24, 2.45) is 4.99 Å². The van der Waals surface area contributed by atoms with Crippen LogP contribution in [0.2, 0.25) is 0 Å². The van der Waals surface area contributed by atoms with Crippen molar-refractivity contribution in [1.82, 2.24) is 10.6 Å². The molecule has 0 spiro atoms. The van der Waals surface area contributed by atoms with Gasteiger partial charge in [-0.25, -0.2) is 4.99 Å². The average Bonchev–Trinajstić information content (AvgIpc) is 3.88. The summed E-state index contributed by atoms with van der Waals surface area (Å²) in [7, 11) is 0. The van der Waals surface area contributed by atoms with Crippen molar-refractivity contribution in [1.29, 1.82) is 0 Å². The van der Waals surface area contributed by atoms with Crippen LogP contribution in [-0.4, -0.2) is 24.3 Å². The molecule has 3 aliphatic carbocycles. The van der Waals surface area contributed by atoms with E-state index in [-0.39, 0.29) is 24.4 Å². The van der Waals surface area contributed by atoms with E-state index in [1.54, 1.807) is 0 Å². The second-order valence-electron chi connectivity index (χ2n) is 14.0. The quantitative estimate of drug-likeness (QED) is 0.196. The third-order valence-corrected chi connectivity index (χ3v) is 11.0. The Kier molecular flexibility index (Phi) is 6.43. The van der Waals surface area contributed by atoms with E-state index in [0.29, 0.717) is 0 Å². The van der Waals surface area contributed by atoms with Gasteiger partial charge in [0.15, 0.2) is 0 Å². The molecule has 11 rings (SSSR count). The van der Waals surface area contributed by atoms with Crippen molar-refractivity contribution >= 4 is 44.8 Å². The topological polar surface area (TPSA) is 71.9 Å². The zero-order valence-electron chi connectivity index (χ0n) is 27.9. The minimum absolute atomic E-state index is 0.0986. The van der Waals surface area contributed by atoms with Gasteiger partial charge in [0, 0.05) is 45.2 Å². The van der Waals surface area contributed by atoms with Crippen LogP contribution in [0.15, 0.2) is 146 Å². The Morgan fingerprint density at radius 3 is 2.61 bits per heavy atom. The highest BCUT2D eigenvalue weighted by atomic mass is 16.5. The smallest absolute Gasteiger partial charge is 0.145 e. The number of hydrogen-bond acceptors (Lipinski definition) is 6. The summed E-state index contributed by atoms with van der Waals surface area (Å²) >= 11 is 0. The summed E-state index contributed by atoms with van der Waals surface area (Å²) in [5, 5.41) is 11.0. The standard InChI is InChI=1S/C45H35N3O3/c1-2-10-26(11-3-1)43-46-44(35-16-8-14-33-30-13-5-7-19-38(30)50-41(33)35)48-45(47-43)36-17-9-15-34-32-23-21-28(25-40(32)51-42(34)36)27-20-22-31-29-12-4-6-18-37(29)49-39(31)24-27/h2,4-6,8-18,20-25,34,42-43,45,47H,1,3,7,19H2,(H,46,48). The lowest BCUT2D eigenvalue weighted by Crippen LogP contribution is -2.56. The number of allylic oxidation sites excluding steroid dienone is 5. The maximum absolute atomic E-state index is 6.89. The Balaban J connectivity index is 0.953. The van der Waals surface area contributed by atoms with E-state index in [2.05, 4.69) is 126 Å². The maximum Gasteiger partial charge on any atom is 0.145 e. The molecule has 6 aromatic rings.